The molecule has 0 aromatic carbocycles. The number of aliphatic hydroxyl groups is 1. The molecule has 0 saturated heterocycles. The number of hydrogen-bond acceptors (Lipinski definition) is 2. The van der Waals surface area contributed by atoms with Crippen LogP contribution in [0.3, 0.4) is 0 Å². The summed E-state index contributed by atoms with van der Waals surface area (Å²) in [4.78, 5) is 5.57. The Bertz CT molecular complexity index is 102. The number of nitrogens with zero attached hydrogens (tertiary/aromatic N) is 1. The predicted octanol–water partition coefficient (Wildman–Crippen LogP) is 0.785. The molecule has 3 nitrogen and oxygen atoms in total. The SMILES string of the molecule is CC[N+](C)(CC)OC(C)CO. The van der Waals surface area contributed by atoms with Gasteiger partial charge in [0, 0.05) is 0 Å². The lowest BCUT2D eigenvalue weighted by atomic mass is 10.4. The molecule has 1 N–H and O–H groups in total. The fourth-order valence-corrected chi connectivity index (χ4v) is 0.840. The van der Waals surface area contributed by atoms with E-state index in [9.17, 15) is 0 Å². The third kappa shape index (κ3) is 3.70. The zero-order valence-corrected chi connectivity index (χ0v) is 8.00. The Morgan fingerprint density at radius 3 is 2.09 bits per heavy atom. The van der Waals surface area contributed by atoms with E-state index in [0.29, 0.717) is 4.65 Å². The zero-order chi connectivity index (χ0) is 8.91. The molecule has 0 aromatic rings. The van der Waals surface area contributed by atoms with Crippen LogP contribution in [-0.2, 0) is 4.84 Å². The van der Waals surface area contributed by atoms with E-state index in [1.165, 1.54) is 0 Å². The summed E-state index contributed by atoms with van der Waals surface area (Å²) in [5, 5.41) is 8.75. The van der Waals surface area contributed by atoms with Crippen molar-refractivity contribution in [2.24, 2.45) is 0 Å². The topological polar surface area (TPSA) is 29.5 Å². The third-order valence-corrected chi connectivity index (χ3v) is 2.03. The molecule has 0 spiro atoms. The van der Waals surface area contributed by atoms with Gasteiger partial charge in [0.15, 0.2) is 0 Å². The fourth-order valence-electron chi connectivity index (χ4n) is 0.840. The molecule has 0 rings (SSSR count). The molecular formula is C8H20NO2+. The maximum absolute atomic E-state index is 8.75. The molecule has 0 radical (unpaired) electrons. The minimum Gasteiger partial charge on any atom is -0.393 e. The standard InChI is InChI=1S/C8H20NO2/c1-5-9(4,6-2)11-8(3)7-10/h8,10H,5-7H2,1-4H3/q+1. The number of hydroxylamine groups is 3. The van der Waals surface area contributed by atoms with Gasteiger partial charge in [-0.2, -0.15) is 9.48 Å². The van der Waals surface area contributed by atoms with Crippen molar-refractivity contribution in [2.45, 2.75) is 26.9 Å². The first-order chi connectivity index (χ1) is 5.08. The van der Waals surface area contributed by atoms with Crippen LogP contribution < -0.4 is 0 Å². The maximum atomic E-state index is 8.75. The molecule has 1 unspecified atom stereocenters. The van der Waals surface area contributed by atoms with Crippen LogP contribution in [0.25, 0.3) is 0 Å². The minimum atomic E-state index is -0.0695. The largest absolute Gasteiger partial charge is 0.393 e. The lowest BCUT2D eigenvalue weighted by Crippen LogP contribution is -2.46. The van der Waals surface area contributed by atoms with Crippen molar-refractivity contribution in [1.29, 1.82) is 0 Å². The van der Waals surface area contributed by atoms with Gasteiger partial charge in [-0.3, -0.25) is 0 Å². The summed E-state index contributed by atoms with van der Waals surface area (Å²) in [6.07, 6.45) is -0.0695. The lowest BCUT2D eigenvalue weighted by molar-refractivity contribution is -1.09. The third-order valence-electron chi connectivity index (χ3n) is 2.03. The second-order valence-electron chi connectivity index (χ2n) is 3.03. The van der Waals surface area contributed by atoms with E-state index in [1.54, 1.807) is 0 Å². The van der Waals surface area contributed by atoms with Crippen LogP contribution in [0.1, 0.15) is 20.8 Å². The number of rotatable bonds is 5. The van der Waals surface area contributed by atoms with E-state index in [1.807, 2.05) is 14.0 Å². The summed E-state index contributed by atoms with van der Waals surface area (Å²) >= 11 is 0. The van der Waals surface area contributed by atoms with E-state index in [0.717, 1.165) is 13.1 Å². The van der Waals surface area contributed by atoms with Gasteiger partial charge in [-0.15, -0.1) is 0 Å². The fraction of sp³-hybridized carbons (Fsp3) is 1.00. The monoisotopic (exact) mass is 162 g/mol. The molecule has 0 saturated carbocycles. The molecule has 0 fully saturated rings. The first kappa shape index (κ1) is 10.9. The van der Waals surface area contributed by atoms with Gasteiger partial charge < -0.3 is 5.11 Å². The molecule has 1 atom stereocenters. The summed E-state index contributed by atoms with van der Waals surface area (Å²) < 4.78 is 0.571. The van der Waals surface area contributed by atoms with Crippen molar-refractivity contribution in [2.75, 3.05) is 26.7 Å². The molecule has 0 heterocycles. The van der Waals surface area contributed by atoms with Crippen LogP contribution in [0.2, 0.25) is 0 Å². The highest BCUT2D eigenvalue weighted by atomic mass is 16.7. The first-order valence-corrected chi connectivity index (χ1v) is 4.21. The molecule has 3 heteroatoms. The number of hydrogen-bond donors (Lipinski definition) is 1. The van der Waals surface area contributed by atoms with Crippen molar-refractivity contribution in [3.63, 3.8) is 0 Å². The van der Waals surface area contributed by atoms with Gasteiger partial charge >= 0.3 is 0 Å². The Morgan fingerprint density at radius 2 is 1.82 bits per heavy atom. The van der Waals surface area contributed by atoms with Crippen molar-refractivity contribution < 1.29 is 14.6 Å². The van der Waals surface area contributed by atoms with Gasteiger partial charge in [0.25, 0.3) is 0 Å². The Morgan fingerprint density at radius 1 is 1.36 bits per heavy atom. The molecule has 0 aliphatic carbocycles. The summed E-state index contributed by atoms with van der Waals surface area (Å²) in [6, 6.07) is 0. The summed E-state index contributed by atoms with van der Waals surface area (Å²) in [7, 11) is 2.02. The lowest BCUT2D eigenvalue weighted by Gasteiger charge is -2.31. The minimum absolute atomic E-state index is 0.0695. The Balaban J connectivity index is 3.86. The molecule has 11 heavy (non-hydrogen) atoms. The second-order valence-corrected chi connectivity index (χ2v) is 3.03. The Hall–Kier alpha value is -0.120. The van der Waals surface area contributed by atoms with Crippen molar-refractivity contribution in [3.05, 3.63) is 0 Å². The molecule has 68 valence electrons. The zero-order valence-electron chi connectivity index (χ0n) is 8.00. The van der Waals surface area contributed by atoms with Gasteiger partial charge in [-0.25, -0.2) is 0 Å². The average molecular weight is 162 g/mol. The van der Waals surface area contributed by atoms with Crippen LogP contribution in [0, 0.1) is 0 Å². The predicted molar refractivity (Wildman–Crippen MR) is 44.9 cm³/mol. The average Bonchev–Trinajstić information content (AvgIpc) is 2.04. The van der Waals surface area contributed by atoms with E-state index < -0.39 is 0 Å². The molecule has 0 aromatic heterocycles. The highest BCUT2D eigenvalue weighted by molar-refractivity contribution is 4.38. The van der Waals surface area contributed by atoms with E-state index in [2.05, 4.69) is 13.8 Å². The highest BCUT2D eigenvalue weighted by Crippen LogP contribution is 2.05. The van der Waals surface area contributed by atoms with Crippen LogP contribution in [-0.4, -0.2) is 42.6 Å². The molecule has 0 aliphatic rings. The highest BCUT2D eigenvalue weighted by Gasteiger charge is 2.21. The number of quaternary nitrogens is 1. The summed E-state index contributed by atoms with van der Waals surface area (Å²) in [6.45, 7) is 7.98. The van der Waals surface area contributed by atoms with Gasteiger partial charge in [-0.1, -0.05) is 0 Å². The van der Waals surface area contributed by atoms with Crippen LogP contribution >= 0.6 is 0 Å². The van der Waals surface area contributed by atoms with Crippen LogP contribution in [0.15, 0.2) is 0 Å². The van der Waals surface area contributed by atoms with E-state index in [4.69, 9.17) is 9.94 Å². The van der Waals surface area contributed by atoms with E-state index >= 15 is 0 Å². The summed E-state index contributed by atoms with van der Waals surface area (Å²) in [5.74, 6) is 0. The van der Waals surface area contributed by atoms with Gasteiger partial charge in [0.05, 0.1) is 13.7 Å². The van der Waals surface area contributed by atoms with Gasteiger partial charge in [-0.05, 0) is 20.8 Å². The molecule has 0 aliphatic heterocycles. The quantitative estimate of drug-likeness (QED) is 0.478. The van der Waals surface area contributed by atoms with Crippen molar-refractivity contribution in [1.82, 2.24) is 0 Å². The van der Waals surface area contributed by atoms with E-state index in [-0.39, 0.29) is 12.7 Å². The molecule has 0 bridgehead atoms. The number of aliphatic hydroxyl groups excluding tert-OH is 1. The normalized spacial score (nSPS) is 15.0. The maximum Gasteiger partial charge on any atom is 0.137 e. The Kier molecular flexibility index (Phi) is 4.65. The second kappa shape index (κ2) is 4.70. The molecular weight excluding hydrogens is 142 g/mol. The van der Waals surface area contributed by atoms with Crippen molar-refractivity contribution in [3.8, 4) is 0 Å². The van der Waals surface area contributed by atoms with Crippen LogP contribution in [0.5, 0.6) is 0 Å². The van der Waals surface area contributed by atoms with Crippen LogP contribution in [0.4, 0.5) is 0 Å². The summed E-state index contributed by atoms with van der Waals surface area (Å²) in [5.41, 5.74) is 0. The van der Waals surface area contributed by atoms with Gasteiger partial charge in [0.2, 0.25) is 0 Å². The first-order valence-electron chi connectivity index (χ1n) is 4.21. The van der Waals surface area contributed by atoms with Crippen molar-refractivity contribution >= 4 is 0 Å². The Labute approximate surface area is 69.1 Å². The molecule has 0 amide bonds. The van der Waals surface area contributed by atoms with Gasteiger partial charge in [0.1, 0.15) is 19.2 Å². The smallest absolute Gasteiger partial charge is 0.137 e.